The van der Waals surface area contributed by atoms with Gasteiger partial charge in [0.15, 0.2) is 0 Å². The van der Waals surface area contributed by atoms with Crippen molar-refractivity contribution < 1.29 is 18.4 Å². The molecule has 2 aliphatic heterocycles. The van der Waals surface area contributed by atoms with Gasteiger partial charge < -0.3 is 9.57 Å². The summed E-state index contributed by atoms with van der Waals surface area (Å²) in [6.45, 7) is 3.14. The van der Waals surface area contributed by atoms with Crippen molar-refractivity contribution in [2.45, 2.75) is 31.4 Å². The molecule has 3 nitrogen and oxygen atoms in total. The molecule has 1 aromatic carbocycles. The number of hydrogen-bond donors (Lipinski definition) is 1. The van der Waals surface area contributed by atoms with E-state index < -0.39 is 17.2 Å². The largest absolute Gasteiger partial charge is 0.376 e. The molecule has 4 rings (SSSR count). The highest BCUT2D eigenvalue weighted by atomic mass is 19.1. The Labute approximate surface area is 122 Å². The molecule has 1 aliphatic carbocycles. The first-order chi connectivity index (χ1) is 10.1. The Bertz CT molecular complexity index is 567. The Balaban J connectivity index is 1.63. The standard InChI is InChI=1S/C16H19F2NO2/c1-9-4-12(9)15-5-10-7-21-19-16(10,8-20-15)13-3-2-11(17)6-14(13)18/h2-3,6,9-10,12,15,19H,4-5,7-8H2,1H3/t9-,10-,12-,15+,16-/m1/s1. The highest BCUT2D eigenvalue weighted by molar-refractivity contribution is 5.29. The lowest BCUT2D eigenvalue weighted by Crippen LogP contribution is -2.52. The van der Waals surface area contributed by atoms with E-state index in [2.05, 4.69) is 12.4 Å². The van der Waals surface area contributed by atoms with Crippen molar-refractivity contribution in [3.05, 3.63) is 35.4 Å². The van der Waals surface area contributed by atoms with Crippen molar-refractivity contribution in [2.24, 2.45) is 17.8 Å². The van der Waals surface area contributed by atoms with Crippen LogP contribution >= 0.6 is 0 Å². The Kier molecular flexibility index (Phi) is 3.07. The zero-order valence-corrected chi connectivity index (χ0v) is 11.9. The van der Waals surface area contributed by atoms with E-state index in [1.165, 1.54) is 18.6 Å². The summed E-state index contributed by atoms with van der Waals surface area (Å²) in [6, 6.07) is 3.72. The van der Waals surface area contributed by atoms with E-state index in [4.69, 9.17) is 9.57 Å². The maximum absolute atomic E-state index is 14.2. The number of hydrogen-bond acceptors (Lipinski definition) is 3. The highest BCUT2D eigenvalue weighted by Crippen LogP contribution is 2.50. The van der Waals surface area contributed by atoms with Gasteiger partial charge in [-0.05, 0) is 30.7 Å². The van der Waals surface area contributed by atoms with E-state index >= 15 is 0 Å². The van der Waals surface area contributed by atoms with Gasteiger partial charge in [-0.2, -0.15) is 5.48 Å². The predicted octanol–water partition coefficient (Wildman–Crippen LogP) is 2.76. The molecule has 1 saturated carbocycles. The maximum atomic E-state index is 14.2. The van der Waals surface area contributed by atoms with Gasteiger partial charge in [0, 0.05) is 17.5 Å². The summed E-state index contributed by atoms with van der Waals surface area (Å²) >= 11 is 0. The van der Waals surface area contributed by atoms with Crippen LogP contribution in [0.25, 0.3) is 0 Å². The summed E-state index contributed by atoms with van der Waals surface area (Å²) in [7, 11) is 0. The summed E-state index contributed by atoms with van der Waals surface area (Å²) < 4.78 is 33.4. The number of ether oxygens (including phenoxy) is 1. The predicted molar refractivity (Wildman–Crippen MR) is 72.2 cm³/mol. The first-order valence-electron chi connectivity index (χ1n) is 7.56. The van der Waals surface area contributed by atoms with Crippen molar-refractivity contribution in [1.82, 2.24) is 5.48 Å². The monoisotopic (exact) mass is 295 g/mol. The van der Waals surface area contributed by atoms with Gasteiger partial charge in [-0.1, -0.05) is 13.0 Å². The van der Waals surface area contributed by atoms with Crippen LogP contribution in [0.1, 0.15) is 25.3 Å². The van der Waals surface area contributed by atoms with E-state index in [9.17, 15) is 8.78 Å². The normalized spacial score (nSPS) is 41.9. The van der Waals surface area contributed by atoms with Gasteiger partial charge in [-0.15, -0.1) is 0 Å². The molecule has 0 bridgehead atoms. The molecule has 0 spiro atoms. The fraction of sp³-hybridized carbons (Fsp3) is 0.625. The smallest absolute Gasteiger partial charge is 0.131 e. The van der Waals surface area contributed by atoms with Crippen LogP contribution in [0.15, 0.2) is 18.2 Å². The molecule has 114 valence electrons. The van der Waals surface area contributed by atoms with Crippen LogP contribution < -0.4 is 5.48 Å². The Hall–Kier alpha value is -1.04. The van der Waals surface area contributed by atoms with Gasteiger partial charge in [0.2, 0.25) is 0 Å². The molecular formula is C16H19F2NO2. The number of hydroxylamine groups is 1. The quantitative estimate of drug-likeness (QED) is 0.910. The average molecular weight is 295 g/mol. The second-order valence-corrected chi connectivity index (χ2v) is 6.67. The fourth-order valence-electron chi connectivity index (χ4n) is 3.87. The van der Waals surface area contributed by atoms with Crippen LogP contribution in [-0.2, 0) is 15.1 Å². The minimum absolute atomic E-state index is 0.156. The topological polar surface area (TPSA) is 30.5 Å². The molecule has 0 unspecified atom stereocenters. The van der Waals surface area contributed by atoms with E-state index in [-0.39, 0.29) is 12.0 Å². The van der Waals surface area contributed by atoms with Crippen LogP contribution in [0.2, 0.25) is 0 Å². The Morgan fingerprint density at radius 3 is 2.81 bits per heavy atom. The lowest BCUT2D eigenvalue weighted by molar-refractivity contribution is -0.0789. The summed E-state index contributed by atoms with van der Waals surface area (Å²) in [5.74, 6) is 0.398. The van der Waals surface area contributed by atoms with Gasteiger partial charge in [0.1, 0.15) is 11.6 Å². The maximum Gasteiger partial charge on any atom is 0.131 e. The Morgan fingerprint density at radius 2 is 2.10 bits per heavy atom. The third-order valence-electron chi connectivity index (χ3n) is 5.34. The fourth-order valence-corrected chi connectivity index (χ4v) is 3.87. The summed E-state index contributed by atoms with van der Waals surface area (Å²) in [6.07, 6.45) is 2.31. The third kappa shape index (κ3) is 2.10. The van der Waals surface area contributed by atoms with Gasteiger partial charge in [-0.25, -0.2) is 8.78 Å². The van der Waals surface area contributed by atoms with Crippen molar-refractivity contribution in [3.63, 3.8) is 0 Å². The van der Waals surface area contributed by atoms with Crippen molar-refractivity contribution in [3.8, 4) is 0 Å². The molecule has 1 aromatic rings. The van der Waals surface area contributed by atoms with Crippen molar-refractivity contribution in [1.29, 1.82) is 0 Å². The lowest BCUT2D eigenvalue weighted by atomic mass is 9.75. The van der Waals surface area contributed by atoms with Crippen molar-refractivity contribution in [2.75, 3.05) is 13.2 Å². The summed E-state index contributed by atoms with van der Waals surface area (Å²) in [5.41, 5.74) is 2.70. The zero-order valence-electron chi connectivity index (χ0n) is 11.9. The van der Waals surface area contributed by atoms with E-state index in [1.54, 1.807) is 0 Å². The molecule has 5 atom stereocenters. The summed E-state index contributed by atoms with van der Waals surface area (Å²) in [4.78, 5) is 5.42. The van der Waals surface area contributed by atoms with E-state index in [0.717, 1.165) is 18.4 Å². The number of halogens is 2. The van der Waals surface area contributed by atoms with E-state index in [1.807, 2.05) is 0 Å². The average Bonchev–Trinajstić information content (AvgIpc) is 3.02. The lowest BCUT2D eigenvalue weighted by Gasteiger charge is -2.41. The second kappa shape index (κ2) is 4.73. The second-order valence-electron chi connectivity index (χ2n) is 6.67. The van der Waals surface area contributed by atoms with Crippen LogP contribution in [0.5, 0.6) is 0 Å². The molecule has 5 heteroatoms. The molecule has 3 fully saturated rings. The molecule has 0 aromatic heterocycles. The molecular weight excluding hydrogens is 276 g/mol. The number of benzene rings is 1. The third-order valence-corrected chi connectivity index (χ3v) is 5.34. The van der Waals surface area contributed by atoms with Crippen LogP contribution in [0.3, 0.4) is 0 Å². The first kappa shape index (κ1) is 13.6. The minimum Gasteiger partial charge on any atom is -0.376 e. The van der Waals surface area contributed by atoms with Crippen LogP contribution in [0.4, 0.5) is 8.78 Å². The molecule has 0 amide bonds. The van der Waals surface area contributed by atoms with Gasteiger partial charge in [0.05, 0.1) is 24.9 Å². The molecule has 21 heavy (non-hydrogen) atoms. The highest BCUT2D eigenvalue weighted by Gasteiger charge is 2.54. The molecule has 2 heterocycles. The zero-order chi connectivity index (χ0) is 14.6. The van der Waals surface area contributed by atoms with Gasteiger partial charge in [-0.3, -0.25) is 0 Å². The Morgan fingerprint density at radius 1 is 1.29 bits per heavy atom. The SMILES string of the molecule is C[C@@H]1C[C@H]1[C@@H]1C[C@@H]2CON[C@]2(c2ccc(F)cc2F)CO1. The molecule has 0 radical (unpaired) electrons. The van der Waals surface area contributed by atoms with E-state index in [0.29, 0.717) is 24.7 Å². The minimum atomic E-state index is -0.688. The van der Waals surface area contributed by atoms with Gasteiger partial charge >= 0.3 is 0 Å². The first-order valence-corrected chi connectivity index (χ1v) is 7.56. The molecule has 2 saturated heterocycles. The van der Waals surface area contributed by atoms with Gasteiger partial charge in [0.25, 0.3) is 0 Å². The number of fused-ring (bicyclic) bond motifs is 1. The number of nitrogens with one attached hydrogen (secondary N) is 1. The van der Waals surface area contributed by atoms with Crippen LogP contribution in [0, 0.1) is 29.4 Å². The molecule has 1 N–H and O–H groups in total. The van der Waals surface area contributed by atoms with Crippen molar-refractivity contribution >= 4 is 0 Å². The van der Waals surface area contributed by atoms with Crippen LogP contribution in [-0.4, -0.2) is 19.3 Å². The number of rotatable bonds is 2. The molecule has 3 aliphatic rings. The summed E-state index contributed by atoms with van der Waals surface area (Å²) in [5, 5.41) is 0.